The minimum Gasteiger partial charge on any atom is -0.299 e. The fourth-order valence-electron chi connectivity index (χ4n) is 1.33. The van der Waals surface area contributed by atoms with Gasteiger partial charge in [-0.15, -0.1) is 0 Å². The smallest absolute Gasteiger partial charge is 0.299 e. The first-order valence-corrected chi connectivity index (χ1v) is 3.85. The Bertz CT molecular complexity index is 68.5. The quantitative estimate of drug-likeness (QED) is 0.426. The van der Waals surface area contributed by atoms with Gasteiger partial charge in [0.25, 0.3) is 0 Å². The SMILES string of the molecule is CCN(C(C)C)C(C)C.[BH4-].[Na+]. The minimum absolute atomic E-state index is 0. The predicted octanol–water partition coefficient (Wildman–Crippen LogP) is -2.32. The van der Waals surface area contributed by atoms with Crippen LogP contribution < -0.4 is 29.6 Å². The van der Waals surface area contributed by atoms with Gasteiger partial charge in [-0.1, -0.05) is 15.3 Å². The summed E-state index contributed by atoms with van der Waals surface area (Å²) >= 11 is 0. The van der Waals surface area contributed by atoms with Crippen LogP contribution in [0.2, 0.25) is 0 Å². The molecule has 11 heavy (non-hydrogen) atoms. The summed E-state index contributed by atoms with van der Waals surface area (Å²) in [5.74, 6) is 0. The van der Waals surface area contributed by atoms with Gasteiger partial charge in [-0.3, -0.25) is 4.90 Å². The third kappa shape index (κ3) is 7.39. The molecule has 0 aliphatic carbocycles. The summed E-state index contributed by atoms with van der Waals surface area (Å²) in [6, 6.07) is 1.38. The maximum atomic E-state index is 2.46. The van der Waals surface area contributed by atoms with Crippen molar-refractivity contribution >= 4 is 8.41 Å². The number of hydrogen-bond donors (Lipinski definition) is 0. The summed E-state index contributed by atoms with van der Waals surface area (Å²) in [6.45, 7) is 12.3. The van der Waals surface area contributed by atoms with Gasteiger partial charge < -0.3 is 0 Å². The molecule has 0 fully saturated rings. The van der Waals surface area contributed by atoms with Crippen LogP contribution in [0.4, 0.5) is 0 Å². The van der Waals surface area contributed by atoms with E-state index in [1.807, 2.05) is 0 Å². The van der Waals surface area contributed by atoms with Crippen LogP contribution in [-0.4, -0.2) is 31.9 Å². The Morgan fingerprint density at radius 1 is 1.00 bits per heavy atom. The molecule has 0 aromatic heterocycles. The van der Waals surface area contributed by atoms with Crippen LogP contribution in [0.15, 0.2) is 0 Å². The van der Waals surface area contributed by atoms with E-state index < -0.39 is 0 Å². The zero-order valence-electron chi connectivity index (χ0n) is 8.31. The summed E-state index contributed by atoms with van der Waals surface area (Å²) in [7, 11) is 0. The maximum absolute atomic E-state index is 2.46. The fraction of sp³-hybridized carbons (Fsp3) is 1.00. The first-order valence-electron chi connectivity index (χ1n) is 3.85. The molecule has 3 heteroatoms. The minimum atomic E-state index is 0. The molecule has 0 bridgehead atoms. The van der Waals surface area contributed by atoms with Crippen molar-refractivity contribution in [3.8, 4) is 0 Å². The van der Waals surface area contributed by atoms with Crippen LogP contribution in [0.25, 0.3) is 0 Å². The van der Waals surface area contributed by atoms with Crippen LogP contribution in [0.3, 0.4) is 0 Å². The van der Waals surface area contributed by atoms with Gasteiger partial charge in [-0.05, 0) is 34.2 Å². The molecular formula is C8H23BNNa. The Morgan fingerprint density at radius 3 is 1.27 bits per heavy atom. The van der Waals surface area contributed by atoms with Gasteiger partial charge in [0.2, 0.25) is 0 Å². The molecule has 0 heterocycles. The largest absolute Gasteiger partial charge is 1.00 e. The second kappa shape index (κ2) is 9.12. The van der Waals surface area contributed by atoms with Crippen molar-refractivity contribution in [1.82, 2.24) is 4.90 Å². The third-order valence-corrected chi connectivity index (χ3v) is 1.69. The van der Waals surface area contributed by atoms with Gasteiger partial charge in [-0.25, -0.2) is 0 Å². The van der Waals surface area contributed by atoms with E-state index in [2.05, 4.69) is 39.5 Å². The Morgan fingerprint density at radius 2 is 1.27 bits per heavy atom. The molecule has 0 saturated carbocycles. The van der Waals surface area contributed by atoms with Crippen molar-refractivity contribution in [2.24, 2.45) is 0 Å². The van der Waals surface area contributed by atoms with Gasteiger partial charge in [0.15, 0.2) is 0 Å². The van der Waals surface area contributed by atoms with E-state index in [9.17, 15) is 0 Å². The van der Waals surface area contributed by atoms with Crippen molar-refractivity contribution in [1.29, 1.82) is 0 Å². The molecule has 0 spiro atoms. The molecule has 1 nitrogen and oxygen atoms in total. The van der Waals surface area contributed by atoms with Crippen molar-refractivity contribution in [2.45, 2.75) is 46.7 Å². The molecule has 0 amide bonds. The van der Waals surface area contributed by atoms with Crippen LogP contribution in [0, 0.1) is 0 Å². The molecule has 0 radical (unpaired) electrons. The Hall–Kier alpha value is 1.02. The number of hydrogen-bond acceptors (Lipinski definition) is 1. The molecule has 0 unspecified atom stereocenters. The monoisotopic (exact) mass is 167 g/mol. The van der Waals surface area contributed by atoms with E-state index in [-0.39, 0.29) is 38.0 Å². The van der Waals surface area contributed by atoms with Crippen molar-refractivity contribution in [3.63, 3.8) is 0 Å². The molecule has 0 aliphatic rings. The van der Waals surface area contributed by atoms with Crippen LogP contribution in [0.5, 0.6) is 0 Å². The van der Waals surface area contributed by atoms with Crippen molar-refractivity contribution < 1.29 is 29.6 Å². The zero-order chi connectivity index (χ0) is 7.44. The molecule has 0 N–H and O–H groups in total. The topological polar surface area (TPSA) is 3.24 Å². The summed E-state index contributed by atoms with van der Waals surface area (Å²) in [5.41, 5.74) is 0. The van der Waals surface area contributed by atoms with Crippen LogP contribution in [0.1, 0.15) is 34.6 Å². The zero-order valence-corrected chi connectivity index (χ0v) is 10.3. The Balaban J connectivity index is -0.000000320. The number of nitrogens with zero attached hydrogens (tertiary/aromatic N) is 1. The first-order chi connectivity index (χ1) is 4.09. The molecular weight excluding hydrogens is 144 g/mol. The Kier molecular flexibility index (Phi) is 14.9. The van der Waals surface area contributed by atoms with E-state index in [0.717, 1.165) is 6.54 Å². The van der Waals surface area contributed by atoms with E-state index in [1.165, 1.54) is 0 Å². The molecule has 64 valence electrons. The molecule has 0 aromatic rings. The summed E-state index contributed by atoms with van der Waals surface area (Å²) < 4.78 is 0. The van der Waals surface area contributed by atoms with Crippen molar-refractivity contribution in [3.05, 3.63) is 0 Å². The van der Waals surface area contributed by atoms with Gasteiger partial charge in [0.05, 0.1) is 0 Å². The van der Waals surface area contributed by atoms with E-state index in [1.54, 1.807) is 0 Å². The average Bonchev–Trinajstić information content (AvgIpc) is 1.64. The van der Waals surface area contributed by atoms with Gasteiger partial charge in [0.1, 0.15) is 0 Å². The Labute approximate surface area is 95.8 Å². The maximum Gasteiger partial charge on any atom is 1.00 e. The van der Waals surface area contributed by atoms with E-state index >= 15 is 0 Å². The third-order valence-electron chi connectivity index (χ3n) is 1.69. The standard InChI is InChI=1S/C8H19N.BH4.Na/c1-6-9(7(2)3)8(4)5;;/h7-8H,6H2,1-5H3;1H4;/q;-1;+1. The van der Waals surface area contributed by atoms with Gasteiger partial charge >= 0.3 is 29.6 Å². The molecule has 0 aliphatic heterocycles. The second-order valence-corrected chi connectivity index (χ2v) is 3.02. The fourth-order valence-corrected chi connectivity index (χ4v) is 1.33. The molecule has 0 saturated heterocycles. The van der Waals surface area contributed by atoms with E-state index in [0.29, 0.717) is 12.1 Å². The summed E-state index contributed by atoms with van der Waals surface area (Å²) in [5, 5.41) is 0. The van der Waals surface area contributed by atoms with Gasteiger partial charge in [0, 0.05) is 12.1 Å². The second-order valence-electron chi connectivity index (χ2n) is 3.02. The molecule has 0 rings (SSSR count). The molecule has 0 aromatic carbocycles. The predicted molar refractivity (Wildman–Crippen MR) is 54.0 cm³/mol. The van der Waals surface area contributed by atoms with Gasteiger partial charge in [-0.2, -0.15) is 0 Å². The van der Waals surface area contributed by atoms with Crippen molar-refractivity contribution in [2.75, 3.05) is 6.54 Å². The number of rotatable bonds is 3. The van der Waals surface area contributed by atoms with Crippen LogP contribution >= 0.6 is 0 Å². The average molecular weight is 167 g/mol. The normalized spacial score (nSPS) is 9.82. The summed E-state index contributed by atoms with van der Waals surface area (Å²) in [4.78, 5) is 2.46. The molecule has 0 atom stereocenters. The van der Waals surface area contributed by atoms with Crippen LogP contribution in [-0.2, 0) is 0 Å². The summed E-state index contributed by atoms with van der Waals surface area (Å²) in [6.07, 6.45) is 0. The van der Waals surface area contributed by atoms with E-state index in [4.69, 9.17) is 0 Å². The first kappa shape index (κ1) is 17.9.